The molecule has 1 aliphatic heterocycles. The minimum Gasteiger partial charge on any atom is -0.481 e. The van der Waals surface area contributed by atoms with Gasteiger partial charge in [-0.2, -0.15) is 0 Å². The van der Waals surface area contributed by atoms with Crippen molar-refractivity contribution < 1.29 is 14.7 Å². The van der Waals surface area contributed by atoms with E-state index in [0.717, 1.165) is 12.1 Å². The van der Waals surface area contributed by atoms with Gasteiger partial charge in [-0.3, -0.25) is 9.59 Å². The third-order valence-corrected chi connectivity index (χ3v) is 6.15. The monoisotopic (exact) mass is 301 g/mol. The highest BCUT2D eigenvalue weighted by atomic mass is 16.4. The first kappa shape index (κ1) is 15.1. The topological polar surface area (TPSA) is 57.6 Å². The van der Waals surface area contributed by atoms with Crippen LogP contribution in [0.15, 0.2) is 24.3 Å². The molecule has 1 aromatic rings. The molecular formula is C18H23NO3. The molecule has 3 rings (SSSR count). The van der Waals surface area contributed by atoms with Crippen LogP contribution < -0.4 is 4.90 Å². The summed E-state index contributed by atoms with van der Waals surface area (Å²) in [6, 6.07) is 7.99. The summed E-state index contributed by atoms with van der Waals surface area (Å²) in [6.07, 6.45) is 2.08. The van der Waals surface area contributed by atoms with Crippen molar-refractivity contribution in [2.45, 2.75) is 40.0 Å². The zero-order valence-electron chi connectivity index (χ0n) is 13.4. The molecule has 1 fully saturated rings. The predicted octanol–water partition coefficient (Wildman–Crippen LogP) is 3.10. The summed E-state index contributed by atoms with van der Waals surface area (Å²) in [5.74, 6) is -0.950. The van der Waals surface area contributed by atoms with Crippen LogP contribution in [0.2, 0.25) is 0 Å². The van der Waals surface area contributed by atoms with Gasteiger partial charge in [-0.1, -0.05) is 32.0 Å². The molecule has 1 amide bonds. The molecule has 22 heavy (non-hydrogen) atoms. The summed E-state index contributed by atoms with van der Waals surface area (Å²) in [6.45, 7) is 6.34. The summed E-state index contributed by atoms with van der Waals surface area (Å²) in [5.41, 5.74) is 0.805. The van der Waals surface area contributed by atoms with Crippen molar-refractivity contribution in [3.63, 3.8) is 0 Å². The molecule has 118 valence electrons. The maximum absolute atomic E-state index is 13.1. The van der Waals surface area contributed by atoms with Gasteiger partial charge >= 0.3 is 5.97 Å². The highest BCUT2D eigenvalue weighted by Crippen LogP contribution is 2.56. The molecule has 4 nitrogen and oxygen atoms in total. The summed E-state index contributed by atoms with van der Waals surface area (Å²) in [4.78, 5) is 26.6. The lowest BCUT2D eigenvalue weighted by Gasteiger charge is -2.39. The zero-order chi connectivity index (χ0) is 16.1. The van der Waals surface area contributed by atoms with Crippen LogP contribution in [-0.2, 0) is 16.0 Å². The number of carboxylic acid groups (broad SMARTS) is 1. The van der Waals surface area contributed by atoms with Crippen molar-refractivity contribution in [3.05, 3.63) is 29.8 Å². The molecule has 0 saturated heterocycles. The number of carbonyl (C=O) groups excluding carboxylic acids is 1. The van der Waals surface area contributed by atoms with Crippen LogP contribution in [0.5, 0.6) is 0 Å². The van der Waals surface area contributed by atoms with E-state index in [1.807, 2.05) is 36.9 Å². The van der Waals surface area contributed by atoms with Gasteiger partial charge in [0.25, 0.3) is 0 Å². The Morgan fingerprint density at radius 1 is 1.23 bits per heavy atom. The molecule has 1 heterocycles. The molecule has 4 heteroatoms. The summed E-state index contributed by atoms with van der Waals surface area (Å²) >= 11 is 0. The SMILES string of the molecule is CC1(C)[C@H](C(=O)N2CCc3ccccc32)CC[C@]1(C)C(=O)O. The molecule has 0 spiro atoms. The number of benzene rings is 1. The maximum atomic E-state index is 13.1. The minimum atomic E-state index is -0.841. The van der Waals surface area contributed by atoms with E-state index in [1.54, 1.807) is 6.92 Å². The van der Waals surface area contributed by atoms with Gasteiger partial charge in [0.2, 0.25) is 5.91 Å². The van der Waals surface area contributed by atoms with Crippen LogP contribution >= 0.6 is 0 Å². The van der Waals surface area contributed by atoms with Crippen LogP contribution in [0.4, 0.5) is 5.69 Å². The van der Waals surface area contributed by atoms with Gasteiger partial charge in [0, 0.05) is 18.2 Å². The quantitative estimate of drug-likeness (QED) is 0.913. The van der Waals surface area contributed by atoms with Crippen LogP contribution in [0.1, 0.15) is 39.2 Å². The molecule has 0 aromatic heterocycles. The smallest absolute Gasteiger partial charge is 0.309 e. The van der Waals surface area contributed by atoms with Gasteiger partial charge in [0.1, 0.15) is 0 Å². The second kappa shape index (κ2) is 4.83. The number of amides is 1. The van der Waals surface area contributed by atoms with Gasteiger partial charge in [-0.15, -0.1) is 0 Å². The normalized spacial score (nSPS) is 29.4. The highest BCUT2D eigenvalue weighted by Gasteiger charge is 2.59. The zero-order valence-corrected chi connectivity index (χ0v) is 13.4. The van der Waals surface area contributed by atoms with E-state index in [4.69, 9.17) is 0 Å². The summed E-state index contributed by atoms with van der Waals surface area (Å²) in [7, 11) is 0. The van der Waals surface area contributed by atoms with Gasteiger partial charge < -0.3 is 10.0 Å². The molecule has 1 aliphatic carbocycles. The number of nitrogens with zero attached hydrogens (tertiary/aromatic N) is 1. The average molecular weight is 301 g/mol. The Kier molecular flexibility index (Phi) is 3.31. The number of aliphatic carboxylic acids is 1. The van der Waals surface area contributed by atoms with Crippen LogP contribution in [0.3, 0.4) is 0 Å². The lowest BCUT2D eigenvalue weighted by molar-refractivity contribution is -0.155. The molecule has 0 bridgehead atoms. The van der Waals surface area contributed by atoms with Gasteiger partial charge in [-0.05, 0) is 43.2 Å². The van der Waals surface area contributed by atoms with Crippen molar-refractivity contribution in [1.82, 2.24) is 0 Å². The van der Waals surface area contributed by atoms with E-state index in [2.05, 4.69) is 6.07 Å². The number of hydrogen-bond acceptors (Lipinski definition) is 2. The van der Waals surface area contributed by atoms with Crippen molar-refractivity contribution in [2.75, 3.05) is 11.4 Å². The lowest BCUT2D eigenvalue weighted by atomic mass is 9.65. The Morgan fingerprint density at radius 2 is 1.91 bits per heavy atom. The minimum absolute atomic E-state index is 0.0833. The number of carbonyl (C=O) groups is 2. The average Bonchev–Trinajstić information content (AvgIpc) is 2.99. The molecule has 2 aliphatic rings. The molecule has 0 unspecified atom stereocenters. The predicted molar refractivity (Wildman–Crippen MR) is 84.7 cm³/mol. The fraction of sp³-hybridized carbons (Fsp3) is 0.556. The first-order chi connectivity index (χ1) is 10.3. The van der Waals surface area contributed by atoms with E-state index in [1.165, 1.54) is 5.56 Å². The van der Waals surface area contributed by atoms with E-state index < -0.39 is 16.8 Å². The lowest BCUT2D eigenvalue weighted by Crippen LogP contribution is -2.46. The van der Waals surface area contributed by atoms with Crippen LogP contribution in [0, 0.1) is 16.7 Å². The van der Waals surface area contributed by atoms with Crippen molar-refractivity contribution in [2.24, 2.45) is 16.7 Å². The van der Waals surface area contributed by atoms with Gasteiger partial charge in [0.05, 0.1) is 5.41 Å². The Morgan fingerprint density at radius 3 is 2.55 bits per heavy atom. The fourth-order valence-electron chi connectivity index (χ4n) is 4.07. The second-order valence-corrected chi connectivity index (χ2v) is 7.32. The summed E-state index contributed by atoms with van der Waals surface area (Å²) < 4.78 is 0. The van der Waals surface area contributed by atoms with E-state index in [0.29, 0.717) is 19.4 Å². The van der Waals surface area contributed by atoms with Crippen molar-refractivity contribution in [1.29, 1.82) is 0 Å². The first-order valence-corrected chi connectivity index (χ1v) is 7.92. The Hall–Kier alpha value is -1.84. The Labute approximate surface area is 131 Å². The number of carboxylic acids is 1. The Balaban J connectivity index is 1.90. The van der Waals surface area contributed by atoms with E-state index in [9.17, 15) is 14.7 Å². The maximum Gasteiger partial charge on any atom is 0.309 e. The first-order valence-electron chi connectivity index (χ1n) is 7.92. The largest absolute Gasteiger partial charge is 0.481 e. The number of para-hydroxylation sites is 1. The number of anilines is 1. The molecule has 0 radical (unpaired) electrons. The molecule has 1 N–H and O–H groups in total. The number of fused-ring (bicyclic) bond motifs is 1. The number of hydrogen-bond donors (Lipinski definition) is 1. The van der Waals surface area contributed by atoms with Gasteiger partial charge in [0.15, 0.2) is 0 Å². The highest BCUT2D eigenvalue weighted by molar-refractivity contribution is 5.98. The summed E-state index contributed by atoms with van der Waals surface area (Å²) in [5, 5.41) is 9.61. The van der Waals surface area contributed by atoms with Crippen molar-refractivity contribution in [3.8, 4) is 0 Å². The second-order valence-electron chi connectivity index (χ2n) is 7.32. The third-order valence-electron chi connectivity index (χ3n) is 6.15. The fourth-order valence-corrected chi connectivity index (χ4v) is 4.07. The molecule has 1 aromatic carbocycles. The van der Waals surface area contributed by atoms with Gasteiger partial charge in [-0.25, -0.2) is 0 Å². The van der Waals surface area contributed by atoms with E-state index in [-0.39, 0.29) is 11.8 Å². The third kappa shape index (κ3) is 1.89. The van der Waals surface area contributed by atoms with Crippen LogP contribution in [0.25, 0.3) is 0 Å². The molecule has 2 atom stereocenters. The number of rotatable bonds is 2. The van der Waals surface area contributed by atoms with Crippen LogP contribution in [-0.4, -0.2) is 23.5 Å². The Bertz CT molecular complexity index is 637. The van der Waals surface area contributed by atoms with E-state index >= 15 is 0 Å². The molecule has 1 saturated carbocycles. The molecular weight excluding hydrogens is 278 g/mol. The standard InChI is InChI=1S/C18H23NO3/c1-17(2)13(8-10-18(17,3)16(21)22)15(20)19-11-9-12-6-4-5-7-14(12)19/h4-7,13H,8-11H2,1-3H3,(H,21,22)/t13-,18+/m0/s1. The van der Waals surface area contributed by atoms with Crippen molar-refractivity contribution >= 4 is 17.6 Å².